The van der Waals surface area contributed by atoms with Crippen molar-refractivity contribution < 1.29 is 8.63 Å². The van der Waals surface area contributed by atoms with Gasteiger partial charge in [0.1, 0.15) is 0 Å². The van der Waals surface area contributed by atoms with Gasteiger partial charge in [-0.2, -0.15) is 0 Å². The Balaban J connectivity index is 1.61. The summed E-state index contributed by atoms with van der Waals surface area (Å²) in [6, 6.07) is 0. The molecule has 1 aromatic heterocycles. The fraction of sp³-hybridized carbons (Fsp3) is 0.591. The number of aromatic nitrogens is 1. The van der Waals surface area contributed by atoms with Crippen LogP contribution in [-0.2, 0) is 0 Å². The number of hydrogen-bond acceptors (Lipinski definition) is 1. The number of fused-ring (bicyclic) bond motifs is 9. The summed E-state index contributed by atoms with van der Waals surface area (Å²) in [7, 11) is -2.49. The van der Waals surface area contributed by atoms with Crippen molar-refractivity contribution in [2.45, 2.75) is 71.1 Å². The van der Waals surface area contributed by atoms with Gasteiger partial charge in [0.05, 0.1) is 5.70 Å². The van der Waals surface area contributed by atoms with Gasteiger partial charge in [0.15, 0.2) is 0 Å². The summed E-state index contributed by atoms with van der Waals surface area (Å²) in [4.78, 5) is 4.95. The van der Waals surface area contributed by atoms with Gasteiger partial charge in [-0.3, -0.25) is 13.6 Å². The number of rotatable bonds is 2. The van der Waals surface area contributed by atoms with Gasteiger partial charge in [-0.25, -0.2) is 0 Å². The van der Waals surface area contributed by atoms with E-state index in [9.17, 15) is 8.63 Å². The number of halogens is 2. The summed E-state index contributed by atoms with van der Waals surface area (Å²) in [5.74, 6) is 2.21. The van der Waals surface area contributed by atoms with Crippen LogP contribution in [0.3, 0.4) is 0 Å². The Kier molecular flexibility index (Phi) is 3.17. The molecule has 27 heavy (non-hydrogen) atoms. The highest BCUT2D eigenvalue weighted by Gasteiger charge is 2.47. The van der Waals surface area contributed by atoms with E-state index in [2.05, 4.69) is 6.92 Å². The van der Waals surface area contributed by atoms with E-state index in [0.717, 1.165) is 47.6 Å². The lowest BCUT2D eigenvalue weighted by Crippen LogP contribution is -2.18. The molecule has 5 aliphatic rings. The minimum Gasteiger partial charge on any atom is -0.329 e. The standard InChI is InChI=1S/C22H25BF2N2/c1-10(21-19-15-6-4-13(8-15)17(19)11(2)26-21)22-20-16-7-5-14(9-16)18(20)12(3)27(22)23(24)25/h13-16H,4-9H2,1-3H3/b21-10+/t13-,14-,15+,16+/m1/s1. The molecular formula is C22H25BF2N2. The lowest BCUT2D eigenvalue weighted by molar-refractivity contribution is 0.619. The molecule has 4 aliphatic carbocycles. The normalized spacial score (nSPS) is 34.5. The van der Waals surface area contributed by atoms with Crippen LogP contribution < -0.4 is 0 Å². The van der Waals surface area contributed by atoms with Crippen LogP contribution >= 0.6 is 0 Å². The zero-order valence-corrected chi connectivity index (χ0v) is 16.3. The van der Waals surface area contributed by atoms with Crippen LogP contribution in [0.15, 0.2) is 21.8 Å². The molecule has 0 amide bonds. The number of aliphatic imine (C=N–C) groups is 1. The van der Waals surface area contributed by atoms with Crippen LogP contribution in [0.2, 0.25) is 0 Å². The molecule has 1 aromatic rings. The molecule has 4 bridgehead atoms. The van der Waals surface area contributed by atoms with Crippen LogP contribution in [-0.4, -0.2) is 17.6 Å². The summed E-state index contributed by atoms with van der Waals surface area (Å²) >= 11 is 0. The molecule has 2 heterocycles. The second kappa shape index (κ2) is 5.24. The molecule has 0 unspecified atom stereocenters. The number of nitrogens with zero attached hydrogens (tertiary/aromatic N) is 2. The van der Waals surface area contributed by atoms with E-state index in [1.54, 1.807) is 0 Å². The zero-order valence-electron chi connectivity index (χ0n) is 16.3. The van der Waals surface area contributed by atoms with Gasteiger partial charge in [-0.05, 0) is 111 Å². The third kappa shape index (κ3) is 1.88. The minimum absolute atomic E-state index is 0.467. The smallest absolute Gasteiger partial charge is 0.329 e. The average Bonchev–Trinajstić information content (AvgIpc) is 3.43. The SMILES string of the molecule is CC1=N/C(=C(\C)c2c3c(c(C)n2B(F)F)[C@@H]2CC[C@H]3C2)C2=C1[C@@H]1CC[C@H]2C1. The Morgan fingerprint density at radius 2 is 1.52 bits per heavy atom. The van der Waals surface area contributed by atoms with Crippen LogP contribution in [0, 0.1) is 18.8 Å². The van der Waals surface area contributed by atoms with Crippen molar-refractivity contribution >= 4 is 18.7 Å². The highest BCUT2D eigenvalue weighted by Crippen LogP contribution is 2.59. The Morgan fingerprint density at radius 3 is 2.22 bits per heavy atom. The maximum Gasteiger partial charge on any atom is 0.677 e. The predicted octanol–water partition coefficient (Wildman–Crippen LogP) is 5.87. The van der Waals surface area contributed by atoms with Crippen molar-refractivity contribution in [1.29, 1.82) is 0 Å². The zero-order chi connectivity index (χ0) is 18.6. The highest BCUT2D eigenvalue weighted by atomic mass is 19.2. The van der Waals surface area contributed by atoms with Gasteiger partial charge in [0.2, 0.25) is 0 Å². The van der Waals surface area contributed by atoms with Gasteiger partial charge in [0, 0.05) is 17.1 Å². The molecule has 4 atom stereocenters. The molecule has 5 heteroatoms. The monoisotopic (exact) mass is 366 g/mol. The van der Waals surface area contributed by atoms with Crippen LogP contribution in [0.5, 0.6) is 0 Å². The van der Waals surface area contributed by atoms with Gasteiger partial charge in [-0.1, -0.05) is 0 Å². The third-order valence-electron chi connectivity index (χ3n) is 8.16. The highest BCUT2D eigenvalue weighted by molar-refractivity contribution is 6.41. The second-order valence-corrected chi connectivity index (χ2v) is 9.32. The summed E-state index contributed by atoms with van der Waals surface area (Å²) in [5, 5.41) is 0. The van der Waals surface area contributed by atoms with E-state index in [1.807, 2.05) is 13.8 Å². The molecule has 0 N–H and O–H groups in total. The molecule has 2 saturated carbocycles. The Bertz CT molecular complexity index is 981. The fourth-order valence-corrected chi connectivity index (χ4v) is 7.25. The van der Waals surface area contributed by atoms with E-state index in [0.29, 0.717) is 23.7 Å². The van der Waals surface area contributed by atoms with E-state index >= 15 is 0 Å². The molecule has 1 aliphatic heterocycles. The topological polar surface area (TPSA) is 17.3 Å². The first-order chi connectivity index (χ1) is 13.0. The maximum atomic E-state index is 14.2. The molecule has 0 spiro atoms. The van der Waals surface area contributed by atoms with Crippen molar-refractivity contribution in [3.8, 4) is 0 Å². The summed E-state index contributed by atoms with van der Waals surface area (Å²) in [6.07, 6.45) is 7.23. The molecule has 140 valence electrons. The first-order valence-electron chi connectivity index (χ1n) is 10.5. The lowest BCUT2D eigenvalue weighted by atomic mass is 9.87. The van der Waals surface area contributed by atoms with Crippen molar-refractivity contribution in [3.63, 3.8) is 0 Å². The molecule has 2 nitrogen and oxygen atoms in total. The van der Waals surface area contributed by atoms with Gasteiger partial charge in [-0.15, -0.1) is 0 Å². The van der Waals surface area contributed by atoms with Crippen LogP contribution in [0.25, 0.3) is 5.57 Å². The van der Waals surface area contributed by atoms with Crippen molar-refractivity contribution in [3.05, 3.63) is 39.4 Å². The van der Waals surface area contributed by atoms with Crippen LogP contribution in [0.4, 0.5) is 8.63 Å². The van der Waals surface area contributed by atoms with Crippen molar-refractivity contribution in [1.82, 2.24) is 4.48 Å². The Labute approximate surface area is 159 Å². The first-order valence-corrected chi connectivity index (χ1v) is 10.5. The maximum absolute atomic E-state index is 14.2. The van der Waals surface area contributed by atoms with Crippen molar-refractivity contribution in [2.75, 3.05) is 0 Å². The Hall–Kier alpha value is -1.65. The van der Waals surface area contributed by atoms with Gasteiger partial charge in [0.25, 0.3) is 0 Å². The van der Waals surface area contributed by atoms with Crippen molar-refractivity contribution in [2.24, 2.45) is 16.8 Å². The fourth-order valence-electron chi connectivity index (χ4n) is 7.25. The molecule has 6 rings (SSSR count). The summed E-state index contributed by atoms with van der Waals surface area (Å²) in [6.45, 7) is 6.06. The van der Waals surface area contributed by atoms with E-state index in [1.165, 1.54) is 46.0 Å². The largest absolute Gasteiger partial charge is 0.677 e. The van der Waals surface area contributed by atoms with E-state index < -0.39 is 7.40 Å². The minimum atomic E-state index is -2.49. The lowest BCUT2D eigenvalue weighted by Gasteiger charge is -2.19. The first kappa shape index (κ1) is 16.3. The summed E-state index contributed by atoms with van der Waals surface area (Å²) in [5.41, 5.74) is 10.1. The predicted molar refractivity (Wildman–Crippen MR) is 105 cm³/mol. The summed E-state index contributed by atoms with van der Waals surface area (Å²) < 4.78 is 29.6. The second-order valence-electron chi connectivity index (χ2n) is 9.32. The molecular weight excluding hydrogens is 341 g/mol. The molecule has 2 fully saturated rings. The molecule has 0 saturated heterocycles. The van der Waals surface area contributed by atoms with Gasteiger partial charge >= 0.3 is 7.40 Å². The van der Waals surface area contributed by atoms with Crippen LogP contribution in [0.1, 0.15) is 86.7 Å². The molecule has 0 aromatic carbocycles. The van der Waals surface area contributed by atoms with E-state index in [-0.39, 0.29) is 0 Å². The average molecular weight is 366 g/mol. The Morgan fingerprint density at radius 1 is 0.926 bits per heavy atom. The van der Waals surface area contributed by atoms with Gasteiger partial charge < -0.3 is 4.48 Å². The molecule has 0 radical (unpaired) electrons. The third-order valence-corrected chi connectivity index (χ3v) is 8.16. The quantitative estimate of drug-likeness (QED) is 0.583. The number of hydrogen-bond donors (Lipinski definition) is 0. The van der Waals surface area contributed by atoms with E-state index in [4.69, 9.17) is 4.99 Å². The number of allylic oxidation sites excluding steroid dienone is 3.